The molecule has 0 aromatic heterocycles. The molecule has 7 nitrogen and oxygen atoms in total. The summed E-state index contributed by atoms with van der Waals surface area (Å²) in [7, 11) is 2.19. The van der Waals surface area contributed by atoms with Crippen LogP contribution in [0.2, 0.25) is 0 Å². The second kappa shape index (κ2) is 8.88. The molecule has 1 unspecified atom stereocenters. The lowest BCUT2D eigenvalue weighted by atomic mass is 10.1. The molecule has 0 aliphatic carbocycles. The molecule has 142 valence electrons. The number of methoxy groups -OCH3 is 4. The van der Waals surface area contributed by atoms with Crippen molar-refractivity contribution in [1.29, 1.82) is 0 Å². The van der Waals surface area contributed by atoms with Crippen LogP contribution in [0.1, 0.15) is 11.7 Å². The standard InChI is InChI=1S/C18H23NO6S/c1-22-14-7-5-6-13(10-14)17(25-4)12-19-26(20,21)18-9-8-15(23-2)11-16(18)24-3/h5-11,17,19H,12H2,1-4H3. The largest absolute Gasteiger partial charge is 0.497 e. The third-order valence-corrected chi connectivity index (χ3v) is 5.33. The molecule has 1 atom stereocenters. The molecular weight excluding hydrogens is 358 g/mol. The van der Waals surface area contributed by atoms with Gasteiger partial charge in [0.2, 0.25) is 10.0 Å². The molecule has 0 fully saturated rings. The van der Waals surface area contributed by atoms with Gasteiger partial charge in [0.25, 0.3) is 0 Å². The van der Waals surface area contributed by atoms with Crippen molar-refractivity contribution in [2.45, 2.75) is 11.0 Å². The Morgan fingerprint density at radius 2 is 1.62 bits per heavy atom. The van der Waals surface area contributed by atoms with Gasteiger partial charge in [-0.05, 0) is 29.8 Å². The zero-order valence-electron chi connectivity index (χ0n) is 15.2. The molecule has 1 N–H and O–H groups in total. The Morgan fingerprint density at radius 3 is 2.23 bits per heavy atom. The molecule has 0 bridgehead atoms. The molecule has 2 rings (SSSR count). The van der Waals surface area contributed by atoms with E-state index in [0.717, 1.165) is 5.56 Å². The third-order valence-electron chi connectivity index (χ3n) is 3.87. The highest BCUT2D eigenvalue weighted by Crippen LogP contribution is 2.29. The minimum atomic E-state index is -3.80. The van der Waals surface area contributed by atoms with Gasteiger partial charge in [0.05, 0.1) is 27.4 Å². The van der Waals surface area contributed by atoms with E-state index in [4.69, 9.17) is 18.9 Å². The van der Waals surface area contributed by atoms with Crippen LogP contribution in [0.5, 0.6) is 17.2 Å². The summed E-state index contributed by atoms with van der Waals surface area (Å²) in [4.78, 5) is 0.0290. The zero-order valence-corrected chi connectivity index (χ0v) is 16.0. The SMILES string of the molecule is COc1cccc(C(CNS(=O)(=O)c2ccc(OC)cc2OC)OC)c1. The van der Waals surface area contributed by atoms with E-state index in [1.165, 1.54) is 33.5 Å². The lowest BCUT2D eigenvalue weighted by molar-refractivity contribution is 0.107. The summed E-state index contributed by atoms with van der Waals surface area (Å²) in [5.74, 6) is 1.38. The van der Waals surface area contributed by atoms with Crippen LogP contribution in [0.15, 0.2) is 47.4 Å². The monoisotopic (exact) mass is 381 g/mol. The zero-order chi connectivity index (χ0) is 19.2. The topological polar surface area (TPSA) is 83.1 Å². The Bertz CT molecular complexity index is 837. The van der Waals surface area contributed by atoms with E-state index in [1.807, 2.05) is 18.2 Å². The highest BCUT2D eigenvalue weighted by atomic mass is 32.2. The van der Waals surface area contributed by atoms with E-state index < -0.39 is 16.1 Å². The van der Waals surface area contributed by atoms with Gasteiger partial charge in [-0.3, -0.25) is 0 Å². The van der Waals surface area contributed by atoms with Crippen LogP contribution in [0.4, 0.5) is 0 Å². The van der Waals surface area contributed by atoms with Crippen molar-refractivity contribution in [1.82, 2.24) is 4.72 Å². The van der Waals surface area contributed by atoms with Gasteiger partial charge >= 0.3 is 0 Å². The Balaban J connectivity index is 2.20. The smallest absolute Gasteiger partial charge is 0.244 e. The van der Waals surface area contributed by atoms with E-state index >= 15 is 0 Å². The molecule has 0 saturated heterocycles. The summed E-state index contributed by atoms with van der Waals surface area (Å²) < 4.78 is 48.8. The molecule has 8 heteroatoms. The molecule has 2 aromatic carbocycles. The first kappa shape index (κ1) is 20.0. The van der Waals surface area contributed by atoms with Crippen molar-refractivity contribution in [2.75, 3.05) is 35.0 Å². The first-order valence-electron chi connectivity index (χ1n) is 7.83. The van der Waals surface area contributed by atoms with Crippen LogP contribution in [0.25, 0.3) is 0 Å². The average molecular weight is 381 g/mol. The van der Waals surface area contributed by atoms with Gasteiger partial charge in [0, 0.05) is 19.7 Å². The summed E-state index contributed by atoms with van der Waals surface area (Å²) in [6.45, 7) is 0.0567. The second-order valence-corrected chi connectivity index (χ2v) is 7.11. The number of ether oxygens (including phenoxy) is 4. The minimum Gasteiger partial charge on any atom is -0.497 e. The van der Waals surface area contributed by atoms with Crippen LogP contribution in [0.3, 0.4) is 0 Å². The van der Waals surface area contributed by atoms with Crippen LogP contribution in [-0.4, -0.2) is 43.4 Å². The van der Waals surface area contributed by atoms with Crippen molar-refractivity contribution < 1.29 is 27.4 Å². The summed E-state index contributed by atoms with van der Waals surface area (Å²) >= 11 is 0. The third kappa shape index (κ3) is 4.66. The maximum absolute atomic E-state index is 12.7. The van der Waals surface area contributed by atoms with E-state index in [-0.39, 0.29) is 17.2 Å². The fourth-order valence-electron chi connectivity index (χ4n) is 2.44. The number of nitrogens with one attached hydrogen (secondary N) is 1. The summed E-state index contributed by atoms with van der Waals surface area (Å²) in [5, 5.41) is 0. The Hall–Kier alpha value is -2.29. The lowest BCUT2D eigenvalue weighted by Crippen LogP contribution is -2.29. The predicted octanol–water partition coefficient (Wildman–Crippen LogP) is 2.38. The molecule has 2 aromatic rings. The number of rotatable bonds is 9. The average Bonchev–Trinajstić information content (AvgIpc) is 2.67. The molecule has 0 aliphatic heterocycles. The predicted molar refractivity (Wildman–Crippen MR) is 97.5 cm³/mol. The first-order chi connectivity index (χ1) is 12.4. The number of benzene rings is 2. The molecule has 0 heterocycles. The maximum atomic E-state index is 12.7. The molecule has 0 amide bonds. The highest BCUT2D eigenvalue weighted by Gasteiger charge is 2.22. The van der Waals surface area contributed by atoms with Crippen molar-refractivity contribution >= 4 is 10.0 Å². The molecule has 0 aliphatic rings. The van der Waals surface area contributed by atoms with Gasteiger partial charge in [-0.2, -0.15) is 0 Å². The Kier molecular flexibility index (Phi) is 6.84. The van der Waals surface area contributed by atoms with Crippen molar-refractivity contribution in [2.24, 2.45) is 0 Å². The van der Waals surface area contributed by atoms with Gasteiger partial charge in [0.15, 0.2) is 0 Å². The first-order valence-corrected chi connectivity index (χ1v) is 9.32. The molecule has 0 radical (unpaired) electrons. The number of hydrogen-bond donors (Lipinski definition) is 1. The van der Waals surface area contributed by atoms with Crippen LogP contribution < -0.4 is 18.9 Å². The number of sulfonamides is 1. The molecular formula is C18H23NO6S. The fraction of sp³-hybridized carbons (Fsp3) is 0.333. The highest BCUT2D eigenvalue weighted by molar-refractivity contribution is 7.89. The minimum absolute atomic E-state index is 0.0290. The van der Waals surface area contributed by atoms with Gasteiger partial charge in [-0.25, -0.2) is 13.1 Å². The van der Waals surface area contributed by atoms with Crippen molar-refractivity contribution in [3.05, 3.63) is 48.0 Å². The quantitative estimate of drug-likeness (QED) is 0.718. The molecule has 0 saturated carbocycles. The van der Waals surface area contributed by atoms with Crippen LogP contribution >= 0.6 is 0 Å². The van der Waals surface area contributed by atoms with Crippen LogP contribution in [-0.2, 0) is 14.8 Å². The fourth-order valence-corrected chi connectivity index (χ4v) is 3.62. The van der Waals surface area contributed by atoms with E-state index in [1.54, 1.807) is 19.2 Å². The molecule has 26 heavy (non-hydrogen) atoms. The lowest BCUT2D eigenvalue weighted by Gasteiger charge is -2.18. The van der Waals surface area contributed by atoms with E-state index in [2.05, 4.69) is 4.72 Å². The van der Waals surface area contributed by atoms with Crippen molar-refractivity contribution in [3.63, 3.8) is 0 Å². The molecule has 0 spiro atoms. The van der Waals surface area contributed by atoms with E-state index in [0.29, 0.717) is 11.5 Å². The van der Waals surface area contributed by atoms with Gasteiger partial charge < -0.3 is 18.9 Å². The van der Waals surface area contributed by atoms with Crippen LogP contribution in [0, 0.1) is 0 Å². The van der Waals surface area contributed by atoms with E-state index in [9.17, 15) is 8.42 Å². The summed E-state index contributed by atoms with van der Waals surface area (Å²) in [6.07, 6.45) is -0.468. The van der Waals surface area contributed by atoms with Gasteiger partial charge in [0.1, 0.15) is 22.1 Å². The Morgan fingerprint density at radius 1 is 0.923 bits per heavy atom. The maximum Gasteiger partial charge on any atom is 0.244 e. The number of hydrogen-bond acceptors (Lipinski definition) is 6. The summed E-state index contributed by atoms with van der Waals surface area (Å²) in [6, 6.07) is 11.8. The van der Waals surface area contributed by atoms with Gasteiger partial charge in [-0.1, -0.05) is 12.1 Å². The Labute approximate surface area is 153 Å². The summed E-state index contributed by atoms with van der Waals surface area (Å²) in [5.41, 5.74) is 0.802. The van der Waals surface area contributed by atoms with Crippen molar-refractivity contribution in [3.8, 4) is 17.2 Å². The van der Waals surface area contributed by atoms with Gasteiger partial charge in [-0.15, -0.1) is 0 Å². The second-order valence-electron chi connectivity index (χ2n) is 5.37. The normalized spacial score (nSPS) is 12.5.